The lowest BCUT2D eigenvalue weighted by Crippen LogP contribution is -2.32. The van der Waals surface area contributed by atoms with E-state index in [1.807, 2.05) is 42.5 Å². The molecule has 6 rings (SSSR count). The Labute approximate surface area is 218 Å². The van der Waals surface area contributed by atoms with Gasteiger partial charge in [-0.05, 0) is 86.5 Å². The number of likely N-dealkylation sites (tertiary alicyclic amines) is 1. The van der Waals surface area contributed by atoms with Crippen LogP contribution in [0.1, 0.15) is 42.6 Å². The smallest absolute Gasteiger partial charge is 0.324 e. The second kappa shape index (κ2) is 10.2. The number of anilines is 2. The van der Waals surface area contributed by atoms with E-state index >= 15 is 0 Å². The monoisotopic (exact) mass is 519 g/mol. The average molecular weight is 520 g/mol. The predicted molar refractivity (Wildman–Crippen MR) is 138 cm³/mol. The molecule has 1 aliphatic heterocycles. The third-order valence-electron chi connectivity index (χ3n) is 7.44. The van der Waals surface area contributed by atoms with Gasteiger partial charge in [-0.15, -0.1) is 10.2 Å². The number of benzene rings is 2. The summed E-state index contributed by atoms with van der Waals surface area (Å²) in [5.74, 6) is -1.17. The molecule has 0 bridgehead atoms. The Morgan fingerprint density at radius 3 is 2.39 bits per heavy atom. The average Bonchev–Trinajstić information content (AvgIpc) is 3.56. The summed E-state index contributed by atoms with van der Waals surface area (Å²) in [5.41, 5.74) is 4.77. The first-order chi connectivity index (χ1) is 18.4. The number of halogens is 3. The maximum Gasteiger partial charge on any atom is 0.453 e. The van der Waals surface area contributed by atoms with Crippen LogP contribution in [-0.4, -0.2) is 49.0 Å². The van der Waals surface area contributed by atoms with Crippen LogP contribution in [0.5, 0.6) is 0 Å². The number of fused-ring (bicyclic) bond motifs is 1. The van der Waals surface area contributed by atoms with Gasteiger partial charge in [0, 0.05) is 17.3 Å². The molecule has 1 atom stereocenters. The van der Waals surface area contributed by atoms with Gasteiger partial charge in [-0.25, -0.2) is 0 Å². The molecule has 0 saturated carbocycles. The maximum atomic E-state index is 13.6. The summed E-state index contributed by atoms with van der Waals surface area (Å²) < 4.78 is 41.9. The second-order valence-corrected chi connectivity index (χ2v) is 9.92. The fraction of sp³-hybridized carbons (Fsp3) is 0.357. The van der Waals surface area contributed by atoms with Gasteiger partial charge >= 0.3 is 6.18 Å². The van der Waals surface area contributed by atoms with E-state index in [4.69, 9.17) is 0 Å². The molecule has 4 aromatic rings. The Morgan fingerprint density at radius 1 is 0.868 bits per heavy atom. The van der Waals surface area contributed by atoms with Gasteiger partial charge in [0.05, 0.1) is 6.20 Å². The van der Waals surface area contributed by atoms with Crippen LogP contribution in [0.4, 0.5) is 24.8 Å². The lowest BCUT2D eigenvalue weighted by atomic mass is 10.0. The van der Waals surface area contributed by atoms with Crippen molar-refractivity contribution in [3.8, 4) is 16.9 Å². The van der Waals surface area contributed by atoms with Gasteiger partial charge in [-0.1, -0.05) is 36.4 Å². The fourth-order valence-electron chi connectivity index (χ4n) is 5.49. The summed E-state index contributed by atoms with van der Waals surface area (Å²) in [6.45, 7) is 2.36. The van der Waals surface area contributed by atoms with Crippen LogP contribution in [0, 0.1) is 0 Å². The number of alkyl halides is 3. The van der Waals surface area contributed by atoms with Gasteiger partial charge in [0.2, 0.25) is 5.95 Å². The number of nitrogens with one attached hydrogen (secondary N) is 1. The van der Waals surface area contributed by atoms with Crippen molar-refractivity contribution < 1.29 is 13.2 Å². The lowest BCUT2D eigenvalue weighted by Gasteiger charge is -2.25. The summed E-state index contributed by atoms with van der Waals surface area (Å²) in [5, 5.41) is 14.9. The molecule has 10 heteroatoms. The first kappa shape index (κ1) is 24.5. The van der Waals surface area contributed by atoms with E-state index in [2.05, 4.69) is 36.6 Å². The molecule has 2 aliphatic rings. The molecule has 1 saturated heterocycles. The zero-order chi connectivity index (χ0) is 26.1. The Bertz CT molecular complexity index is 1410. The molecule has 38 heavy (non-hydrogen) atoms. The minimum absolute atomic E-state index is 0.0691. The van der Waals surface area contributed by atoms with Crippen molar-refractivity contribution in [1.29, 1.82) is 0 Å². The summed E-state index contributed by atoms with van der Waals surface area (Å²) in [6.07, 6.45) is 3.59. The standard InChI is InChI=1S/C28H28F3N7/c29-28(30,31)26-34-27(38(36-26)25-17-22(18-32-35-25)19-6-2-1-3-7-19)33-23-11-8-20-9-12-24(13-10-21(20)16-23)37-14-4-5-15-37/h1-3,6-8,11,16-18,24H,4-5,9-10,12-15H2,(H,33,34,36). The van der Waals surface area contributed by atoms with E-state index in [1.54, 1.807) is 12.3 Å². The van der Waals surface area contributed by atoms with Gasteiger partial charge in [-0.2, -0.15) is 27.9 Å². The van der Waals surface area contributed by atoms with Gasteiger partial charge < -0.3 is 10.2 Å². The van der Waals surface area contributed by atoms with Crippen LogP contribution in [0.2, 0.25) is 0 Å². The molecule has 0 spiro atoms. The topological polar surface area (TPSA) is 71.8 Å². The molecule has 2 aromatic heterocycles. The summed E-state index contributed by atoms with van der Waals surface area (Å²) in [7, 11) is 0. The zero-order valence-electron chi connectivity index (χ0n) is 20.8. The maximum absolute atomic E-state index is 13.6. The molecule has 1 N–H and O–H groups in total. The highest BCUT2D eigenvalue weighted by atomic mass is 19.4. The molecule has 196 valence electrons. The van der Waals surface area contributed by atoms with Crippen molar-refractivity contribution in [2.24, 2.45) is 0 Å². The first-order valence-corrected chi connectivity index (χ1v) is 13.0. The number of aromatic nitrogens is 5. The lowest BCUT2D eigenvalue weighted by molar-refractivity contribution is -0.144. The Kier molecular flexibility index (Phi) is 6.57. The number of aryl methyl sites for hydroxylation is 2. The van der Waals surface area contributed by atoms with Gasteiger partial charge in [0.25, 0.3) is 5.82 Å². The van der Waals surface area contributed by atoms with E-state index in [1.165, 1.54) is 37.1 Å². The van der Waals surface area contributed by atoms with Crippen molar-refractivity contribution >= 4 is 11.6 Å². The van der Waals surface area contributed by atoms with Gasteiger partial charge in [-0.3, -0.25) is 0 Å². The number of hydrogen-bond donors (Lipinski definition) is 1. The molecule has 3 heterocycles. The Morgan fingerprint density at radius 2 is 1.63 bits per heavy atom. The zero-order valence-corrected chi connectivity index (χ0v) is 20.8. The predicted octanol–water partition coefficient (Wildman–Crippen LogP) is 5.83. The van der Waals surface area contributed by atoms with Gasteiger partial charge in [0.15, 0.2) is 5.82 Å². The van der Waals surface area contributed by atoms with Crippen LogP contribution in [0.3, 0.4) is 0 Å². The van der Waals surface area contributed by atoms with Crippen LogP contribution in [0.25, 0.3) is 16.9 Å². The molecule has 1 aliphatic carbocycles. The van der Waals surface area contributed by atoms with Gasteiger partial charge in [0.1, 0.15) is 0 Å². The minimum atomic E-state index is -4.70. The molecule has 0 amide bonds. The SMILES string of the molecule is FC(F)(F)c1nc(Nc2ccc3c(c2)CCC(N2CCCC2)CC3)n(-c2cc(-c3ccccc3)cnn2)n1. The van der Waals surface area contributed by atoms with Crippen molar-refractivity contribution in [3.63, 3.8) is 0 Å². The first-order valence-electron chi connectivity index (χ1n) is 13.0. The van der Waals surface area contributed by atoms with Crippen molar-refractivity contribution in [1.82, 2.24) is 29.9 Å². The minimum Gasteiger partial charge on any atom is -0.324 e. The fourth-order valence-corrected chi connectivity index (χ4v) is 5.49. The van der Waals surface area contributed by atoms with Crippen LogP contribution >= 0.6 is 0 Å². The van der Waals surface area contributed by atoms with Crippen LogP contribution < -0.4 is 5.32 Å². The van der Waals surface area contributed by atoms with Crippen molar-refractivity contribution in [3.05, 3.63) is 77.7 Å². The molecule has 7 nitrogen and oxygen atoms in total. The summed E-state index contributed by atoms with van der Waals surface area (Å²) in [4.78, 5) is 6.40. The number of nitrogens with zero attached hydrogens (tertiary/aromatic N) is 6. The normalized spacial score (nSPS) is 18.2. The van der Waals surface area contributed by atoms with E-state index in [0.717, 1.165) is 35.9 Å². The Hall–Kier alpha value is -3.79. The highest BCUT2D eigenvalue weighted by Gasteiger charge is 2.37. The molecular weight excluding hydrogens is 491 g/mol. The Balaban J connectivity index is 1.30. The van der Waals surface area contributed by atoms with E-state index in [9.17, 15) is 13.2 Å². The van der Waals surface area contributed by atoms with E-state index in [-0.39, 0.29) is 11.8 Å². The largest absolute Gasteiger partial charge is 0.453 e. The highest BCUT2D eigenvalue weighted by molar-refractivity contribution is 5.64. The molecule has 0 radical (unpaired) electrons. The van der Waals surface area contributed by atoms with Crippen molar-refractivity contribution in [2.45, 2.75) is 50.7 Å². The van der Waals surface area contributed by atoms with Crippen molar-refractivity contribution in [2.75, 3.05) is 18.4 Å². The summed E-state index contributed by atoms with van der Waals surface area (Å²) in [6, 6.07) is 17.7. The second-order valence-electron chi connectivity index (χ2n) is 9.92. The number of rotatable bonds is 5. The molecule has 2 aromatic carbocycles. The van der Waals surface area contributed by atoms with E-state index in [0.29, 0.717) is 17.3 Å². The third-order valence-corrected chi connectivity index (χ3v) is 7.44. The quantitative estimate of drug-likeness (QED) is 0.335. The number of hydrogen-bond acceptors (Lipinski definition) is 6. The van der Waals surface area contributed by atoms with E-state index < -0.39 is 12.0 Å². The molecular formula is C28H28F3N7. The molecule has 1 unspecified atom stereocenters. The highest BCUT2D eigenvalue weighted by Crippen LogP contribution is 2.32. The van der Waals surface area contributed by atoms with Crippen LogP contribution in [-0.2, 0) is 19.0 Å². The van der Waals surface area contributed by atoms with Crippen LogP contribution in [0.15, 0.2) is 60.8 Å². The third kappa shape index (κ3) is 5.13. The summed E-state index contributed by atoms with van der Waals surface area (Å²) >= 11 is 0. The molecule has 1 fully saturated rings.